The molecule has 16 heavy (non-hydrogen) atoms. The summed E-state index contributed by atoms with van der Waals surface area (Å²) in [4.78, 5) is 10.8. The maximum absolute atomic E-state index is 10.8. The van der Waals surface area contributed by atoms with Crippen LogP contribution < -0.4 is 0 Å². The zero-order chi connectivity index (χ0) is 11.8. The molecule has 3 atom stereocenters. The van der Waals surface area contributed by atoms with E-state index in [9.17, 15) is 4.79 Å². The average molecular weight is 218 g/mol. The average Bonchev–Trinajstić information content (AvgIpc) is 2.27. The third-order valence-electron chi connectivity index (χ3n) is 4.84. The van der Waals surface area contributed by atoms with Crippen LogP contribution in [-0.2, 0) is 4.79 Å². The predicted molar refractivity (Wildman–Crippen MR) is 67.1 cm³/mol. The minimum atomic E-state index is 0.408. The van der Waals surface area contributed by atoms with Gasteiger partial charge in [0.15, 0.2) is 0 Å². The number of hydrogen-bond acceptors (Lipinski definition) is 1. The minimum absolute atomic E-state index is 0.408. The van der Waals surface area contributed by atoms with Crippen LogP contribution in [0, 0.1) is 17.3 Å². The van der Waals surface area contributed by atoms with Crippen molar-refractivity contribution in [3.8, 4) is 0 Å². The molecule has 0 aromatic carbocycles. The van der Waals surface area contributed by atoms with E-state index < -0.39 is 0 Å². The lowest BCUT2D eigenvalue weighted by molar-refractivity contribution is -0.105. The van der Waals surface area contributed by atoms with Crippen LogP contribution in [0.3, 0.4) is 0 Å². The number of carbonyl (C=O) groups excluding carboxylic acids is 1. The Kier molecular flexibility index (Phi) is 3.05. The smallest absolute Gasteiger partial charge is 0.145 e. The Morgan fingerprint density at radius 3 is 2.94 bits per heavy atom. The maximum Gasteiger partial charge on any atom is 0.145 e. The van der Waals surface area contributed by atoms with Gasteiger partial charge in [0.1, 0.15) is 6.29 Å². The molecule has 0 aromatic heterocycles. The first-order valence-corrected chi connectivity index (χ1v) is 6.38. The lowest BCUT2D eigenvalue weighted by Gasteiger charge is -2.48. The lowest BCUT2D eigenvalue weighted by atomic mass is 9.56. The fraction of sp³-hybridized carbons (Fsp3) is 0.667. The number of fused-ring (bicyclic) bond motifs is 1. The third kappa shape index (κ3) is 1.88. The van der Waals surface area contributed by atoms with Crippen LogP contribution in [0.2, 0.25) is 0 Å². The summed E-state index contributed by atoms with van der Waals surface area (Å²) in [6.45, 7) is 10.5. The van der Waals surface area contributed by atoms with Gasteiger partial charge in [-0.05, 0) is 61.3 Å². The van der Waals surface area contributed by atoms with Gasteiger partial charge in [-0.3, -0.25) is 4.79 Å². The van der Waals surface area contributed by atoms with E-state index in [0.717, 1.165) is 24.7 Å². The second kappa shape index (κ2) is 4.20. The summed E-state index contributed by atoms with van der Waals surface area (Å²) in [6.07, 6.45) is 8.22. The van der Waals surface area contributed by atoms with E-state index in [4.69, 9.17) is 0 Å². The highest BCUT2D eigenvalue weighted by Gasteiger charge is 2.43. The van der Waals surface area contributed by atoms with Crippen molar-refractivity contribution in [1.29, 1.82) is 0 Å². The first-order chi connectivity index (χ1) is 7.57. The summed E-state index contributed by atoms with van der Waals surface area (Å²) in [5.41, 5.74) is 2.66. The van der Waals surface area contributed by atoms with Gasteiger partial charge in [-0.25, -0.2) is 0 Å². The summed E-state index contributed by atoms with van der Waals surface area (Å²) >= 11 is 0. The molecule has 0 aromatic rings. The van der Waals surface area contributed by atoms with Gasteiger partial charge in [0.25, 0.3) is 0 Å². The molecule has 0 spiro atoms. The van der Waals surface area contributed by atoms with Crippen molar-refractivity contribution in [1.82, 2.24) is 0 Å². The molecule has 2 saturated carbocycles. The molecule has 0 heterocycles. The van der Waals surface area contributed by atoms with E-state index in [1.807, 2.05) is 0 Å². The number of hydrogen-bond donors (Lipinski definition) is 0. The van der Waals surface area contributed by atoms with Crippen molar-refractivity contribution < 1.29 is 4.79 Å². The summed E-state index contributed by atoms with van der Waals surface area (Å²) in [6, 6.07) is 0. The first-order valence-electron chi connectivity index (χ1n) is 6.38. The van der Waals surface area contributed by atoms with Gasteiger partial charge in [-0.2, -0.15) is 0 Å². The van der Waals surface area contributed by atoms with Crippen molar-refractivity contribution in [3.63, 3.8) is 0 Å². The minimum Gasteiger partial charge on any atom is -0.298 e. The van der Waals surface area contributed by atoms with E-state index in [1.165, 1.54) is 31.3 Å². The van der Waals surface area contributed by atoms with Crippen molar-refractivity contribution in [2.45, 2.75) is 45.4 Å². The summed E-state index contributed by atoms with van der Waals surface area (Å²) < 4.78 is 0. The standard InChI is InChI=1S/C15H22O/c1-11-5-4-7-15(3)8-6-13(9-14(11)15)12(2)10-16/h10,13-14H,1-2,4-9H2,3H3/t13-,14+,15-/m1/s1. The quantitative estimate of drug-likeness (QED) is 0.390. The van der Waals surface area contributed by atoms with Gasteiger partial charge in [-0.15, -0.1) is 0 Å². The Hall–Kier alpha value is -0.850. The number of aldehydes is 1. The van der Waals surface area contributed by atoms with Gasteiger partial charge in [-0.1, -0.05) is 25.7 Å². The largest absolute Gasteiger partial charge is 0.298 e. The van der Waals surface area contributed by atoms with Crippen molar-refractivity contribution in [3.05, 3.63) is 24.3 Å². The van der Waals surface area contributed by atoms with Gasteiger partial charge in [0, 0.05) is 0 Å². The Morgan fingerprint density at radius 2 is 2.25 bits per heavy atom. The van der Waals surface area contributed by atoms with Crippen LogP contribution in [0.15, 0.2) is 24.3 Å². The second-order valence-electron chi connectivity index (χ2n) is 5.88. The van der Waals surface area contributed by atoms with E-state index in [-0.39, 0.29) is 0 Å². The molecule has 2 fully saturated rings. The Labute approximate surface area is 98.6 Å². The molecular formula is C15H22O. The molecule has 0 unspecified atom stereocenters. The van der Waals surface area contributed by atoms with Crippen molar-refractivity contribution in [2.75, 3.05) is 0 Å². The molecule has 0 amide bonds. The highest BCUT2D eigenvalue weighted by atomic mass is 16.1. The molecule has 2 aliphatic rings. The number of carbonyl (C=O) groups is 1. The monoisotopic (exact) mass is 218 g/mol. The van der Waals surface area contributed by atoms with E-state index in [2.05, 4.69) is 20.1 Å². The summed E-state index contributed by atoms with van der Waals surface area (Å²) in [5, 5.41) is 0. The molecule has 2 rings (SSSR count). The zero-order valence-corrected chi connectivity index (χ0v) is 10.3. The van der Waals surface area contributed by atoms with Crippen LogP contribution >= 0.6 is 0 Å². The second-order valence-corrected chi connectivity index (χ2v) is 5.88. The molecular weight excluding hydrogens is 196 g/mol. The molecule has 0 N–H and O–H groups in total. The van der Waals surface area contributed by atoms with Gasteiger partial charge < -0.3 is 0 Å². The van der Waals surface area contributed by atoms with E-state index >= 15 is 0 Å². The molecule has 0 radical (unpaired) electrons. The van der Waals surface area contributed by atoms with Crippen LogP contribution in [0.4, 0.5) is 0 Å². The molecule has 2 aliphatic carbocycles. The Bertz CT molecular complexity index is 328. The number of allylic oxidation sites excluding steroid dienone is 2. The fourth-order valence-corrected chi connectivity index (χ4v) is 3.65. The normalized spacial score (nSPS) is 38.9. The zero-order valence-electron chi connectivity index (χ0n) is 10.3. The SMILES string of the molecule is C=C(C=O)[C@@H]1CC[C@@]2(C)CCCC(=C)[C@@H]2C1. The van der Waals surface area contributed by atoms with Crippen LogP contribution in [0.1, 0.15) is 45.4 Å². The van der Waals surface area contributed by atoms with Crippen molar-refractivity contribution in [2.24, 2.45) is 17.3 Å². The van der Waals surface area contributed by atoms with Gasteiger partial charge >= 0.3 is 0 Å². The van der Waals surface area contributed by atoms with E-state index in [0.29, 0.717) is 17.3 Å². The maximum atomic E-state index is 10.8. The summed E-state index contributed by atoms with van der Waals surface area (Å²) in [7, 11) is 0. The fourth-order valence-electron chi connectivity index (χ4n) is 3.65. The van der Waals surface area contributed by atoms with Crippen molar-refractivity contribution >= 4 is 6.29 Å². The van der Waals surface area contributed by atoms with Gasteiger partial charge in [0.2, 0.25) is 0 Å². The highest BCUT2D eigenvalue weighted by molar-refractivity contribution is 5.72. The van der Waals surface area contributed by atoms with Crippen LogP contribution in [-0.4, -0.2) is 6.29 Å². The topological polar surface area (TPSA) is 17.1 Å². The Balaban J connectivity index is 2.15. The highest BCUT2D eigenvalue weighted by Crippen LogP contribution is 2.54. The molecule has 88 valence electrons. The van der Waals surface area contributed by atoms with Crippen LogP contribution in [0.25, 0.3) is 0 Å². The van der Waals surface area contributed by atoms with E-state index in [1.54, 1.807) is 0 Å². The summed E-state index contributed by atoms with van der Waals surface area (Å²) in [5.74, 6) is 1.03. The lowest BCUT2D eigenvalue weighted by Crippen LogP contribution is -2.38. The predicted octanol–water partition coefficient (Wildman–Crippen LogP) is 3.90. The molecule has 1 nitrogen and oxygen atoms in total. The Morgan fingerprint density at radius 1 is 1.50 bits per heavy atom. The molecule has 0 aliphatic heterocycles. The third-order valence-corrected chi connectivity index (χ3v) is 4.84. The van der Waals surface area contributed by atoms with Gasteiger partial charge in [0.05, 0.1) is 0 Å². The molecule has 0 saturated heterocycles. The molecule has 0 bridgehead atoms. The van der Waals surface area contributed by atoms with Crippen LogP contribution in [0.5, 0.6) is 0 Å². The molecule has 1 heteroatoms. The number of rotatable bonds is 2. The first kappa shape index (κ1) is 11.6.